The third-order valence-electron chi connectivity index (χ3n) is 6.55. The van der Waals surface area contributed by atoms with Gasteiger partial charge in [0, 0.05) is 18.9 Å². The standard InChI is InChI=1S/C28H36N5O4.2H2O.Po/c1-2-26-25(34)14-15-27(37-26)36-24-12-10-21(11-13-24)31-28(35)30-17-4-3-7-22-18-23(33-32-22)9-8-20-6-5-16-29-19-20;;;/h5-6,10-13,16,18-19,23,25-27,34H,1-4,7-9,14-15,17H2,(H2,30,31,35);2*1H2;/t23?,25-,26+,27+;;;/m0.../s1. The fourth-order valence-corrected chi connectivity index (χ4v) is 5.36. The Hall–Kier alpha value is -2.48. The number of anilines is 1. The van der Waals surface area contributed by atoms with E-state index >= 15 is 0 Å². The van der Waals surface area contributed by atoms with E-state index in [0.29, 0.717) is 30.8 Å². The zero-order valence-electron chi connectivity index (χ0n) is 22.5. The molecule has 1 fully saturated rings. The number of amides is 2. The molecule has 11 nitrogen and oxygen atoms in total. The van der Waals surface area contributed by atoms with Crippen molar-refractivity contribution < 1.29 is 30.3 Å². The number of carbonyl (C=O) groups excluding carboxylic acids is 1. The molecule has 2 aliphatic heterocycles. The molecule has 40 heavy (non-hydrogen) atoms. The van der Waals surface area contributed by atoms with Crippen LogP contribution in [0.4, 0.5) is 10.5 Å². The van der Waals surface area contributed by atoms with E-state index in [-0.39, 0.29) is 35.4 Å². The number of hydrogen-bond donors (Lipinski definition) is 3. The molecule has 2 aromatic rings. The summed E-state index contributed by atoms with van der Waals surface area (Å²) in [5, 5.41) is 24.5. The van der Waals surface area contributed by atoms with Gasteiger partial charge in [-0.3, -0.25) is 4.98 Å². The van der Waals surface area contributed by atoms with Gasteiger partial charge in [0.2, 0.25) is 0 Å². The van der Waals surface area contributed by atoms with Crippen molar-refractivity contribution in [2.45, 2.75) is 80.0 Å². The SMILES string of the molecule is O.O.O=C(NCCCCC1=CC(CCc2cccnc2)N=N1)Nc1ccc(O[C@H]2CC[C@H](O)[C@@H](C[CH2][Po])O2)cc1. The number of hydrogen-bond acceptors (Lipinski definition) is 7. The van der Waals surface area contributed by atoms with E-state index in [1.54, 1.807) is 6.20 Å². The van der Waals surface area contributed by atoms with E-state index in [2.05, 4.69) is 38.0 Å². The Morgan fingerprint density at radius 3 is 2.67 bits per heavy atom. The number of allylic oxidation sites excluding steroid dienone is 1. The summed E-state index contributed by atoms with van der Waals surface area (Å²) < 4.78 is 12.9. The number of benzene rings is 1. The van der Waals surface area contributed by atoms with Crippen molar-refractivity contribution in [1.29, 1.82) is 0 Å². The molecule has 12 heteroatoms. The van der Waals surface area contributed by atoms with Crippen molar-refractivity contribution in [3.63, 3.8) is 0 Å². The van der Waals surface area contributed by atoms with Gasteiger partial charge in [0.05, 0.1) is 11.7 Å². The molecular formula is C28H40N5O6Po. The van der Waals surface area contributed by atoms with Gasteiger partial charge in [-0.25, -0.2) is 4.79 Å². The van der Waals surface area contributed by atoms with Crippen LogP contribution in [-0.4, -0.2) is 83.2 Å². The van der Waals surface area contributed by atoms with Gasteiger partial charge in [0.1, 0.15) is 0 Å². The van der Waals surface area contributed by atoms with Crippen molar-refractivity contribution in [2.24, 2.45) is 10.2 Å². The van der Waals surface area contributed by atoms with Crippen LogP contribution in [0.5, 0.6) is 5.75 Å². The van der Waals surface area contributed by atoms with E-state index in [9.17, 15) is 9.90 Å². The van der Waals surface area contributed by atoms with E-state index in [1.807, 2.05) is 36.5 Å². The molecule has 0 bridgehead atoms. The number of pyridine rings is 1. The Morgan fingerprint density at radius 2 is 1.93 bits per heavy atom. The zero-order valence-corrected chi connectivity index (χ0v) is 25.7. The first-order chi connectivity index (χ1) is 18.6. The number of nitrogens with one attached hydrogen (secondary N) is 2. The van der Waals surface area contributed by atoms with Crippen LogP contribution in [0.25, 0.3) is 0 Å². The fourth-order valence-electron chi connectivity index (χ4n) is 4.46. The first-order valence-corrected chi connectivity index (χ1v) is 15.6. The van der Waals surface area contributed by atoms with Gasteiger partial charge in [0.25, 0.3) is 0 Å². The second-order valence-electron chi connectivity index (χ2n) is 9.56. The first-order valence-electron chi connectivity index (χ1n) is 13.3. The monoisotopic (exact) mass is 751 g/mol. The van der Waals surface area contributed by atoms with E-state index < -0.39 is 6.10 Å². The van der Waals surface area contributed by atoms with Gasteiger partial charge in [-0.05, 0) is 49.8 Å². The topological polar surface area (TPSA) is 180 Å². The van der Waals surface area contributed by atoms with Crippen LogP contribution in [-0.2, 0) is 11.2 Å². The van der Waals surface area contributed by atoms with Crippen molar-refractivity contribution in [3.8, 4) is 5.75 Å². The van der Waals surface area contributed by atoms with E-state index in [4.69, 9.17) is 9.47 Å². The molecule has 1 aromatic heterocycles. The number of unbranched alkanes of at least 4 members (excludes halogenated alkanes) is 1. The zero-order chi connectivity index (χ0) is 26.6. The molecule has 1 radical (unpaired) electrons. The van der Waals surface area contributed by atoms with E-state index in [0.717, 1.165) is 48.3 Å². The molecule has 4 rings (SSSR count). The fraction of sp³-hybridized carbons (Fsp3) is 0.500. The Morgan fingerprint density at radius 1 is 1.10 bits per heavy atom. The second kappa shape index (κ2) is 18.0. The Labute approximate surface area is 250 Å². The minimum absolute atomic E-state index is 0. The van der Waals surface area contributed by atoms with Gasteiger partial charge in [-0.1, -0.05) is 6.07 Å². The van der Waals surface area contributed by atoms with Gasteiger partial charge in [-0.2, -0.15) is 10.2 Å². The number of carbonyl (C=O) groups is 1. The maximum atomic E-state index is 12.2. The molecule has 1 saturated heterocycles. The predicted molar refractivity (Wildman–Crippen MR) is 154 cm³/mol. The molecule has 0 saturated carbocycles. The van der Waals surface area contributed by atoms with E-state index in [1.165, 1.54) is 30.6 Å². The van der Waals surface area contributed by atoms with Crippen LogP contribution < -0.4 is 15.4 Å². The summed E-state index contributed by atoms with van der Waals surface area (Å²) in [6.07, 6.45) is 11.6. The molecule has 219 valence electrons. The molecule has 1 unspecified atom stereocenters. The number of aliphatic hydroxyl groups is 1. The molecule has 0 spiro atoms. The Kier molecular flexibility index (Phi) is 15.2. The number of ether oxygens (including phenoxy) is 2. The van der Waals surface area contributed by atoms with Gasteiger partial charge >= 0.3 is 129 Å². The molecular weight excluding hydrogens is 711 g/mol. The molecule has 2 amide bonds. The third kappa shape index (κ3) is 11.2. The maximum absolute atomic E-state index is 12.2. The normalized spacial score (nSPS) is 21.5. The van der Waals surface area contributed by atoms with Crippen LogP contribution in [0.2, 0.25) is 4.08 Å². The molecule has 3 heterocycles. The van der Waals surface area contributed by atoms with Crippen LogP contribution >= 0.6 is 0 Å². The number of aliphatic hydroxyl groups excluding tert-OH is 1. The number of azo groups is 1. The van der Waals surface area contributed by atoms with Gasteiger partial charge < -0.3 is 16.3 Å². The van der Waals surface area contributed by atoms with Crippen molar-refractivity contribution in [2.75, 3.05) is 11.9 Å². The molecule has 2 aliphatic rings. The predicted octanol–water partition coefficient (Wildman–Crippen LogP) is 3.30. The first kappa shape index (κ1) is 33.7. The van der Waals surface area contributed by atoms with Gasteiger partial charge in [0.15, 0.2) is 0 Å². The summed E-state index contributed by atoms with van der Waals surface area (Å²) in [6, 6.07) is 11.2. The number of aryl methyl sites for hydroxylation is 1. The molecule has 7 N–H and O–H groups in total. The molecule has 4 atom stereocenters. The van der Waals surface area contributed by atoms with Crippen LogP contribution in [0.1, 0.15) is 50.5 Å². The van der Waals surface area contributed by atoms with Crippen LogP contribution in [0.15, 0.2) is 70.8 Å². The average Bonchev–Trinajstić information content (AvgIpc) is 3.39. The third-order valence-corrected chi connectivity index (χ3v) is 7.47. The summed E-state index contributed by atoms with van der Waals surface area (Å²) in [5.41, 5.74) is 2.94. The van der Waals surface area contributed by atoms with Crippen molar-refractivity contribution in [1.82, 2.24) is 10.3 Å². The van der Waals surface area contributed by atoms with Crippen molar-refractivity contribution in [3.05, 3.63) is 66.1 Å². The summed E-state index contributed by atoms with van der Waals surface area (Å²) in [7, 11) is 0. The minimum atomic E-state index is -0.412. The number of rotatable bonds is 13. The average molecular weight is 752 g/mol. The van der Waals surface area contributed by atoms with Crippen LogP contribution in [0, 0.1) is 0 Å². The number of nitrogens with zero attached hydrogens (tertiary/aromatic N) is 3. The number of urea groups is 1. The molecule has 0 aliphatic carbocycles. The second-order valence-corrected chi connectivity index (χ2v) is 11.1. The quantitative estimate of drug-likeness (QED) is 0.266. The Balaban J connectivity index is 0.00000280. The van der Waals surface area contributed by atoms with Crippen molar-refractivity contribution >= 4 is 36.8 Å². The summed E-state index contributed by atoms with van der Waals surface area (Å²) in [6.45, 7) is 0.590. The van der Waals surface area contributed by atoms with Gasteiger partial charge in [-0.15, -0.1) is 0 Å². The number of aromatic nitrogens is 1. The Bertz CT molecular complexity index is 1070. The van der Waals surface area contributed by atoms with Crippen LogP contribution in [0.3, 0.4) is 0 Å². The summed E-state index contributed by atoms with van der Waals surface area (Å²) in [4.78, 5) is 16.4. The summed E-state index contributed by atoms with van der Waals surface area (Å²) >= 11 is 1.49. The summed E-state index contributed by atoms with van der Waals surface area (Å²) in [5.74, 6) is 0.677. The molecule has 1 aromatic carbocycles.